The number of carbonyl (C=O) groups is 3. The molecule has 1 aromatic carbocycles. The van der Waals surface area contributed by atoms with E-state index in [1.807, 2.05) is 27.7 Å². The smallest absolute Gasteiger partial charge is 0.338 e. The van der Waals surface area contributed by atoms with Crippen LogP contribution in [-0.2, 0) is 9.53 Å². The third-order valence-electron chi connectivity index (χ3n) is 6.12. The van der Waals surface area contributed by atoms with E-state index in [0.717, 1.165) is 0 Å². The Kier molecular flexibility index (Phi) is 8.04. The van der Waals surface area contributed by atoms with Crippen molar-refractivity contribution in [3.63, 3.8) is 0 Å². The van der Waals surface area contributed by atoms with Gasteiger partial charge in [-0.1, -0.05) is 18.2 Å². The van der Waals surface area contributed by atoms with Gasteiger partial charge < -0.3 is 20.3 Å². The van der Waals surface area contributed by atoms with Gasteiger partial charge >= 0.3 is 18.0 Å². The molecule has 2 aliphatic rings. The molecule has 0 unspecified atom stereocenters. The van der Waals surface area contributed by atoms with E-state index in [4.69, 9.17) is 4.74 Å². The number of piperazine rings is 1. The van der Waals surface area contributed by atoms with Crippen LogP contribution in [0.5, 0.6) is 0 Å². The van der Waals surface area contributed by atoms with Crippen LogP contribution in [0.4, 0.5) is 14.0 Å². The fraction of sp³-hybridized carbons (Fsp3) is 0.560. The summed E-state index contributed by atoms with van der Waals surface area (Å²) in [5, 5.41) is 5.74. The minimum Gasteiger partial charge on any atom is -0.463 e. The molecule has 0 radical (unpaired) electrons. The van der Waals surface area contributed by atoms with Gasteiger partial charge in [0.2, 0.25) is 0 Å². The molecule has 0 aliphatic carbocycles. The first-order chi connectivity index (χ1) is 16.4. The van der Waals surface area contributed by atoms with E-state index in [2.05, 4.69) is 15.5 Å². The molecule has 9 nitrogen and oxygen atoms in total. The number of benzene rings is 1. The first-order valence-electron chi connectivity index (χ1n) is 11.9. The number of hydrogen-bond acceptors (Lipinski definition) is 5. The van der Waals surface area contributed by atoms with Gasteiger partial charge in [0.1, 0.15) is 5.82 Å². The minimum atomic E-state index is -0.967. The molecule has 0 saturated carbocycles. The van der Waals surface area contributed by atoms with Crippen LogP contribution < -0.4 is 10.6 Å². The second-order valence-corrected chi connectivity index (χ2v) is 10.0. The largest absolute Gasteiger partial charge is 0.463 e. The number of urea groups is 2. The maximum atomic E-state index is 14.7. The minimum absolute atomic E-state index is 0.0807. The predicted octanol–water partition coefficient (Wildman–Crippen LogP) is 2.85. The van der Waals surface area contributed by atoms with E-state index < -0.39 is 23.9 Å². The fourth-order valence-corrected chi connectivity index (χ4v) is 4.42. The summed E-state index contributed by atoms with van der Waals surface area (Å²) in [7, 11) is 1.58. The molecule has 4 amide bonds. The van der Waals surface area contributed by atoms with Gasteiger partial charge in [-0.2, -0.15) is 0 Å². The highest BCUT2D eigenvalue weighted by Gasteiger charge is 2.39. The quantitative estimate of drug-likeness (QED) is 0.621. The van der Waals surface area contributed by atoms with E-state index in [9.17, 15) is 18.8 Å². The number of esters is 1. The Bertz CT molecular complexity index is 1010. The molecule has 0 spiro atoms. The molecule has 35 heavy (non-hydrogen) atoms. The van der Waals surface area contributed by atoms with Gasteiger partial charge in [0.05, 0.1) is 18.2 Å². The van der Waals surface area contributed by atoms with Gasteiger partial charge in [0.25, 0.3) is 0 Å². The van der Waals surface area contributed by atoms with Crippen molar-refractivity contribution in [2.75, 3.05) is 39.8 Å². The van der Waals surface area contributed by atoms with Gasteiger partial charge in [-0.15, -0.1) is 0 Å². The molecule has 3 rings (SSSR count). The number of halogens is 1. The lowest BCUT2D eigenvalue weighted by atomic mass is 9.93. The van der Waals surface area contributed by atoms with Crippen molar-refractivity contribution in [3.05, 3.63) is 46.9 Å². The van der Waals surface area contributed by atoms with E-state index in [1.165, 1.54) is 11.0 Å². The SMILES string of the molecule is CCOC(=O)C1=C(CN2CCN(C(=O)NC(C)(C)C)[C@@H](C)C2)N(C)C(=O)N[C@@H]1c1ccccc1F. The summed E-state index contributed by atoms with van der Waals surface area (Å²) in [5.74, 6) is -1.12. The number of nitrogens with zero attached hydrogens (tertiary/aromatic N) is 3. The molecular weight excluding hydrogens is 453 g/mol. The second-order valence-electron chi connectivity index (χ2n) is 10.0. The van der Waals surface area contributed by atoms with Crippen molar-refractivity contribution in [2.45, 2.75) is 52.2 Å². The first kappa shape index (κ1) is 26.5. The summed E-state index contributed by atoms with van der Waals surface area (Å²) < 4.78 is 20.0. The van der Waals surface area contributed by atoms with Gasteiger partial charge in [0, 0.05) is 56.1 Å². The van der Waals surface area contributed by atoms with E-state index in [1.54, 1.807) is 37.1 Å². The number of amides is 4. The average molecular weight is 490 g/mol. The van der Waals surface area contributed by atoms with Crippen molar-refractivity contribution >= 4 is 18.0 Å². The first-order valence-corrected chi connectivity index (χ1v) is 11.9. The lowest BCUT2D eigenvalue weighted by Gasteiger charge is -2.43. The van der Waals surface area contributed by atoms with Gasteiger partial charge in [-0.25, -0.2) is 18.8 Å². The molecule has 2 N–H and O–H groups in total. The Morgan fingerprint density at radius 3 is 2.51 bits per heavy atom. The molecular formula is C25H36FN5O4. The number of likely N-dealkylation sites (N-methyl/N-ethyl adjacent to an activating group) is 1. The molecule has 0 bridgehead atoms. The zero-order chi connectivity index (χ0) is 25.9. The van der Waals surface area contributed by atoms with Gasteiger partial charge in [0.15, 0.2) is 0 Å². The van der Waals surface area contributed by atoms with E-state index in [0.29, 0.717) is 25.3 Å². The summed E-state index contributed by atoms with van der Waals surface area (Å²) in [6, 6.07) is 4.47. The Labute approximate surface area is 206 Å². The number of rotatable bonds is 5. The topological polar surface area (TPSA) is 94.2 Å². The number of carbonyl (C=O) groups excluding carboxylic acids is 3. The standard InChI is InChI=1S/C25H36FN5O4/c1-7-35-22(32)20-19(29(6)23(33)27-21(20)17-10-8-9-11-18(17)26)15-30-12-13-31(16(2)14-30)24(34)28-25(3,4)5/h8-11,16,21H,7,12-15H2,1-6H3,(H,27,33)(H,28,34)/t16-,21+/m0/s1. The number of nitrogens with one attached hydrogen (secondary N) is 2. The monoisotopic (exact) mass is 489 g/mol. The van der Waals surface area contributed by atoms with E-state index in [-0.39, 0.29) is 41.9 Å². The summed E-state index contributed by atoms with van der Waals surface area (Å²) >= 11 is 0. The number of hydrogen-bond donors (Lipinski definition) is 2. The van der Waals surface area contributed by atoms with Crippen LogP contribution in [0, 0.1) is 5.82 Å². The van der Waals surface area contributed by atoms with Crippen LogP contribution in [-0.4, -0.2) is 84.1 Å². The molecule has 1 aromatic rings. The molecule has 2 aliphatic heterocycles. The molecule has 192 valence electrons. The Morgan fingerprint density at radius 1 is 1.23 bits per heavy atom. The van der Waals surface area contributed by atoms with Crippen LogP contribution in [0.1, 0.15) is 46.2 Å². The molecule has 10 heteroatoms. The molecule has 2 heterocycles. The van der Waals surface area contributed by atoms with Crippen LogP contribution >= 0.6 is 0 Å². The average Bonchev–Trinajstić information content (AvgIpc) is 2.76. The predicted molar refractivity (Wildman–Crippen MR) is 130 cm³/mol. The summed E-state index contributed by atoms with van der Waals surface area (Å²) in [4.78, 5) is 43.9. The zero-order valence-corrected chi connectivity index (χ0v) is 21.4. The van der Waals surface area contributed by atoms with Gasteiger partial charge in [-0.05, 0) is 40.7 Å². The number of ether oxygens (including phenoxy) is 1. The van der Waals surface area contributed by atoms with Crippen molar-refractivity contribution < 1.29 is 23.5 Å². The van der Waals surface area contributed by atoms with Crippen LogP contribution in [0.25, 0.3) is 0 Å². The second kappa shape index (κ2) is 10.6. The maximum Gasteiger partial charge on any atom is 0.338 e. The Hall–Kier alpha value is -3.14. The molecule has 0 aromatic heterocycles. The normalized spacial score (nSPS) is 21.6. The molecule has 2 atom stereocenters. The van der Waals surface area contributed by atoms with Crippen molar-refractivity contribution in [1.29, 1.82) is 0 Å². The molecule has 1 fully saturated rings. The highest BCUT2D eigenvalue weighted by atomic mass is 19.1. The Morgan fingerprint density at radius 2 is 1.91 bits per heavy atom. The lowest BCUT2D eigenvalue weighted by molar-refractivity contribution is -0.139. The third kappa shape index (κ3) is 6.11. The molecule has 1 saturated heterocycles. The summed E-state index contributed by atoms with van der Waals surface area (Å²) in [5.41, 5.74) is 0.527. The van der Waals surface area contributed by atoms with Crippen molar-refractivity contribution in [1.82, 2.24) is 25.3 Å². The van der Waals surface area contributed by atoms with Crippen molar-refractivity contribution in [2.24, 2.45) is 0 Å². The summed E-state index contributed by atoms with van der Waals surface area (Å²) in [6.07, 6.45) is 0. The van der Waals surface area contributed by atoms with Crippen LogP contribution in [0.2, 0.25) is 0 Å². The van der Waals surface area contributed by atoms with Crippen LogP contribution in [0.15, 0.2) is 35.5 Å². The highest BCUT2D eigenvalue weighted by Crippen LogP contribution is 2.33. The lowest BCUT2D eigenvalue weighted by Crippen LogP contribution is -2.59. The van der Waals surface area contributed by atoms with E-state index >= 15 is 0 Å². The van der Waals surface area contributed by atoms with Gasteiger partial charge in [-0.3, -0.25) is 9.80 Å². The van der Waals surface area contributed by atoms with Crippen LogP contribution in [0.3, 0.4) is 0 Å². The highest BCUT2D eigenvalue weighted by molar-refractivity contribution is 5.95. The fourth-order valence-electron chi connectivity index (χ4n) is 4.42. The maximum absolute atomic E-state index is 14.7. The van der Waals surface area contributed by atoms with Crippen molar-refractivity contribution in [3.8, 4) is 0 Å². The third-order valence-corrected chi connectivity index (χ3v) is 6.12. The summed E-state index contributed by atoms with van der Waals surface area (Å²) in [6.45, 7) is 11.5. The Balaban J connectivity index is 1.90. The zero-order valence-electron chi connectivity index (χ0n) is 21.4.